The van der Waals surface area contributed by atoms with E-state index in [0.717, 1.165) is 47.4 Å². The summed E-state index contributed by atoms with van der Waals surface area (Å²) in [7, 11) is 0. The van der Waals surface area contributed by atoms with Gasteiger partial charge in [-0.3, -0.25) is 4.79 Å². The molecular weight excluding hydrogens is 354 g/mol. The molecule has 144 valence electrons. The molecular formula is C22H29N3OS. The van der Waals surface area contributed by atoms with Crippen molar-refractivity contribution in [2.45, 2.75) is 82.0 Å². The quantitative estimate of drug-likeness (QED) is 0.775. The lowest BCUT2D eigenvalue weighted by Gasteiger charge is -2.29. The molecule has 2 bridgehead atoms. The molecule has 2 fully saturated rings. The average molecular weight is 384 g/mol. The summed E-state index contributed by atoms with van der Waals surface area (Å²) in [5.41, 5.74) is 4.08. The fraction of sp³-hybridized carbons (Fsp3) is 0.682. The van der Waals surface area contributed by atoms with E-state index in [-0.39, 0.29) is 17.2 Å². The van der Waals surface area contributed by atoms with Crippen molar-refractivity contribution in [1.82, 2.24) is 10.3 Å². The van der Waals surface area contributed by atoms with E-state index >= 15 is 0 Å². The van der Waals surface area contributed by atoms with Crippen LogP contribution in [0.1, 0.15) is 68.3 Å². The fourth-order valence-electron chi connectivity index (χ4n) is 5.54. The van der Waals surface area contributed by atoms with E-state index in [2.05, 4.69) is 18.3 Å². The number of hydrogen-bond donors (Lipinski definition) is 1. The van der Waals surface area contributed by atoms with Gasteiger partial charge in [0.25, 0.3) is 0 Å². The fourth-order valence-corrected chi connectivity index (χ4v) is 6.53. The summed E-state index contributed by atoms with van der Waals surface area (Å²) in [6.45, 7) is 6.12. The molecule has 0 radical (unpaired) electrons. The summed E-state index contributed by atoms with van der Waals surface area (Å²) in [4.78, 5) is 17.6. The van der Waals surface area contributed by atoms with Gasteiger partial charge in [-0.1, -0.05) is 18.2 Å². The molecule has 5 unspecified atom stereocenters. The smallest absolute Gasteiger partial charge is 0.233 e. The summed E-state index contributed by atoms with van der Waals surface area (Å²) >= 11 is 1.44. The Bertz CT molecular complexity index is 800. The van der Waals surface area contributed by atoms with Crippen LogP contribution in [0.4, 0.5) is 0 Å². The maximum atomic E-state index is 12.8. The Balaban J connectivity index is 1.43. The molecule has 4 nitrogen and oxygen atoms in total. The van der Waals surface area contributed by atoms with Gasteiger partial charge in [-0.15, -0.1) is 0 Å². The van der Waals surface area contributed by atoms with E-state index in [1.165, 1.54) is 43.0 Å². The Kier molecular flexibility index (Phi) is 5.20. The second kappa shape index (κ2) is 7.47. The summed E-state index contributed by atoms with van der Waals surface area (Å²) in [5, 5.41) is 13.4. The summed E-state index contributed by atoms with van der Waals surface area (Å²) in [5.74, 6) is 2.40. The minimum absolute atomic E-state index is 0.0686. The topological polar surface area (TPSA) is 65.8 Å². The summed E-state index contributed by atoms with van der Waals surface area (Å²) < 4.78 is 0. The van der Waals surface area contributed by atoms with Crippen molar-refractivity contribution in [1.29, 1.82) is 5.26 Å². The molecule has 0 aliphatic heterocycles. The second-order valence-electron chi connectivity index (χ2n) is 8.70. The molecule has 4 rings (SSSR count). The summed E-state index contributed by atoms with van der Waals surface area (Å²) in [6, 6.07) is 2.56. The lowest BCUT2D eigenvalue weighted by atomic mass is 9.84. The Morgan fingerprint density at radius 1 is 1.30 bits per heavy atom. The average Bonchev–Trinajstić information content (AvgIpc) is 3.38. The zero-order chi connectivity index (χ0) is 19.1. The first-order valence-electron chi connectivity index (χ1n) is 10.4. The largest absolute Gasteiger partial charge is 0.352 e. The molecule has 5 heteroatoms. The lowest BCUT2D eigenvalue weighted by Crippen LogP contribution is -2.43. The number of carbonyl (C=O) groups excluding carboxylic acids is 1. The van der Waals surface area contributed by atoms with E-state index in [0.29, 0.717) is 11.5 Å². The third-order valence-electron chi connectivity index (χ3n) is 7.04. The zero-order valence-electron chi connectivity index (χ0n) is 16.5. The predicted octanol–water partition coefficient (Wildman–Crippen LogP) is 4.17. The van der Waals surface area contributed by atoms with Gasteiger partial charge in [-0.25, -0.2) is 4.98 Å². The molecule has 1 N–H and O–H groups in total. The highest BCUT2D eigenvalue weighted by Gasteiger charge is 2.42. The van der Waals surface area contributed by atoms with E-state index in [1.807, 2.05) is 13.8 Å². The Morgan fingerprint density at radius 3 is 2.78 bits per heavy atom. The number of fused-ring (bicyclic) bond motifs is 3. The number of nitrogens with one attached hydrogen (secondary N) is 1. The SMILES string of the molecule is Cc1c(C#N)c(SC(C)C(=O)NC(C)C2CC3CCC2C3)nc2c1CCC2. The standard InChI is InChI=1S/C22H29N3OS/c1-12-17-5-4-6-20(17)25-22(19(12)11-23)27-14(3)21(26)24-13(2)18-10-15-7-8-16(18)9-15/h13-16,18H,4-10H2,1-3H3,(H,24,26). The van der Waals surface area contributed by atoms with E-state index in [1.54, 1.807) is 0 Å². The zero-order valence-corrected chi connectivity index (χ0v) is 17.4. The third-order valence-corrected chi connectivity index (χ3v) is 8.13. The molecule has 5 atom stereocenters. The number of hydrogen-bond acceptors (Lipinski definition) is 4. The van der Waals surface area contributed by atoms with Crippen molar-refractivity contribution >= 4 is 17.7 Å². The Labute approximate surface area is 166 Å². The van der Waals surface area contributed by atoms with Gasteiger partial charge in [-0.05, 0) is 88.2 Å². The van der Waals surface area contributed by atoms with Gasteiger partial charge < -0.3 is 5.32 Å². The highest BCUT2D eigenvalue weighted by Crippen LogP contribution is 2.49. The van der Waals surface area contributed by atoms with Crippen LogP contribution in [-0.2, 0) is 17.6 Å². The number of carbonyl (C=O) groups is 1. The van der Waals surface area contributed by atoms with E-state index in [4.69, 9.17) is 4.98 Å². The van der Waals surface area contributed by atoms with Gasteiger partial charge >= 0.3 is 0 Å². The van der Waals surface area contributed by atoms with Crippen LogP contribution in [-0.4, -0.2) is 22.2 Å². The van der Waals surface area contributed by atoms with Gasteiger partial charge in [0.2, 0.25) is 5.91 Å². The lowest BCUT2D eigenvalue weighted by molar-refractivity contribution is -0.121. The molecule has 1 aromatic rings. The molecule has 3 aliphatic carbocycles. The van der Waals surface area contributed by atoms with Crippen LogP contribution < -0.4 is 5.32 Å². The minimum Gasteiger partial charge on any atom is -0.352 e. The van der Waals surface area contributed by atoms with E-state index in [9.17, 15) is 10.1 Å². The van der Waals surface area contributed by atoms with Crippen LogP contribution in [0, 0.1) is 36.0 Å². The molecule has 0 saturated heterocycles. The molecule has 3 aliphatic rings. The first-order valence-corrected chi connectivity index (χ1v) is 11.2. The maximum Gasteiger partial charge on any atom is 0.233 e. The van der Waals surface area contributed by atoms with Crippen molar-refractivity contribution in [3.8, 4) is 6.07 Å². The molecule has 0 aromatic carbocycles. The van der Waals surface area contributed by atoms with Crippen molar-refractivity contribution < 1.29 is 4.79 Å². The number of aromatic nitrogens is 1. The Hall–Kier alpha value is -1.54. The number of nitriles is 1. The number of amides is 1. The van der Waals surface area contributed by atoms with Crippen molar-refractivity contribution in [2.24, 2.45) is 17.8 Å². The molecule has 1 amide bonds. The first kappa shape index (κ1) is 18.8. The molecule has 27 heavy (non-hydrogen) atoms. The van der Waals surface area contributed by atoms with Crippen LogP contribution in [0.15, 0.2) is 5.03 Å². The van der Waals surface area contributed by atoms with Gasteiger partial charge in [0.1, 0.15) is 11.1 Å². The van der Waals surface area contributed by atoms with Crippen LogP contribution in [0.25, 0.3) is 0 Å². The monoisotopic (exact) mass is 383 g/mol. The second-order valence-corrected chi connectivity index (χ2v) is 10.0. The van der Waals surface area contributed by atoms with Gasteiger partial charge in [0.15, 0.2) is 0 Å². The van der Waals surface area contributed by atoms with Gasteiger partial charge in [0.05, 0.1) is 10.8 Å². The van der Waals surface area contributed by atoms with Crippen LogP contribution in [0.3, 0.4) is 0 Å². The molecule has 1 heterocycles. The number of rotatable bonds is 5. The van der Waals surface area contributed by atoms with Crippen LogP contribution in [0.5, 0.6) is 0 Å². The molecule has 1 aromatic heterocycles. The van der Waals surface area contributed by atoms with Crippen molar-refractivity contribution in [3.05, 3.63) is 22.4 Å². The molecule has 0 spiro atoms. The van der Waals surface area contributed by atoms with Crippen LogP contribution >= 0.6 is 11.8 Å². The van der Waals surface area contributed by atoms with E-state index < -0.39 is 0 Å². The Morgan fingerprint density at radius 2 is 2.11 bits per heavy atom. The van der Waals surface area contributed by atoms with Crippen LogP contribution in [0.2, 0.25) is 0 Å². The van der Waals surface area contributed by atoms with Crippen molar-refractivity contribution in [3.63, 3.8) is 0 Å². The van der Waals surface area contributed by atoms with Gasteiger partial charge in [0, 0.05) is 11.7 Å². The first-order chi connectivity index (χ1) is 13.0. The van der Waals surface area contributed by atoms with Crippen molar-refractivity contribution in [2.75, 3.05) is 0 Å². The normalized spacial score (nSPS) is 27.9. The highest BCUT2D eigenvalue weighted by molar-refractivity contribution is 8.00. The predicted molar refractivity (Wildman–Crippen MR) is 108 cm³/mol. The number of aryl methyl sites for hydroxylation is 1. The number of pyridine rings is 1. The van der Waals surface area contributed by atoms with Gasteiger partial charge in [-0.2, -0.15) is 5.26 Å². The number of nitrogens with zero attached hydrogens (tertiary/aromatic N) is 2. The highest BCUT2D eigenvalue weighted by atomic mass is 32.2. The molecule has 2 saturated carbocycles. The third kappa shape index (κ3) is 3.49. The minimum atomic E-state index is -0.246. The summed E-state index contributed by atoms with van der Waals surface area (Å²) in [6.07, 6.45) is 8.47. The maximum absolute atomic E-state index is 12.8. The number of thioether (sulfide) groups is 1.